The average molecular weight is 450 g/mol. The zero-order valence-electron chi connectivity index (χ0n) is 20.7. The van der Waals surface area contributed by atoms with Crippen molar-refractivity contribution in [3.63, 3.8) is 0 Å². The minimum atomic E-state index is -1.42. The summed E-state index contributed by atoms with van der Waals surface area (Å²) >= 11 is 0. The van der Waals surface area contributed by atoms with Gasteiger partial charge in [0, 0.05) is 39.5 Å². The van der Waals surface area contributed by atoms with E-state index in [-0.39, 0.29) is 0 Å². The van der Waals surface area contributed by atoms with Gasteiger partial charge in [0.05, 0.1) is 13.2 Å². The third kappa shape index (κ3) is 18.7. The molecule has 0 bridgehead atoms. The predicted octanol–water partition coefficient (Wildman–Crippen LogP) is 5.39. The van der Waals surface area contributed by atoms with Crippen LogP contribution in [0, 0.1) is 0 Å². The van der Waals surface area contributed by atoms with E-state index in [9.17, 15) is 0 Å². The summed E-state index contributed by atoms with van der Waals surface area (Å²) in [5.41, 5.74) is 0. The van der Waals surface area contributed by atoms with Crippen LogP contribution in [0.25, 0.3) is 0 Å². The Morgan fingerprint density at radius 2 is 1.00 bits per heavy atom. The van der Waals surface area contributed by atoms with Crippen LogP contribution >= 0.6 is 0 Å². The van der Waals surface area contributed by atoms with Crippen molar-refractivity contribution in [3.05, 3.63) is 0 Å². The summed E-state index contributed by atoms with van der Waals surface area (Å²) in [5, 5.41) is 0. The van der Waals surface area contributed by atoms with Gasteiger partial charge in [0.25, 0.3) is 0 Å². The van der Waals surface area contributed by atoms with Gasteiger partial charge in [-0.1, -0.05) is 19.8 Å². The van der Waals surface area contributed by atoms with Crippen molar-refractivity contribution in [2.24, 2.45) is 0 Å². The monoisotopic (exact) mass is 449 g/mol. The highest BCUT2D eigenvalue weighted by molar-refractivity contribution is 6.71. The molecule has 5 nitrogen and oxygen atoms in total. The molecule has 0 amide bonds. The van der Waals surface area contributed by atoms with Crippen LogP contribution in [-0.4, -0.2) is 80.8 Å². The molecule has 0 spiro atoms. The van der Waals surface area contributed by atoms with Crippen molar-refractivity contribution in [3.8, 4) is 0 Å². The van der Waals surface area contributed by atoms with Gasteiger partial charge < -0.3 is 18.3 Å². The molecule has 7 heteroatoms. The summed E-state index contributed by atoms with van der Waals surface area (Å²) in [6.07, 6.45) is 4.72. The zero-order valence-corrected chi connectivity index (χ0v) is 22.7. The topological polar surface area (TPSA) is 40.2 Å². The first-order valence-electron chi connectivity index (χ1n) is 11.9. The molecule has 0 unspecified atom stereocenters. The van der Waals surface area contributed by atoms with Crippen molar-refractivity contribution < 1.29 is 18.3 Å². The molecule has 0 heterocycles. The number of unbranched alkanes of at least 4 members (excludes halogenated alkanes) is 2. The summed E-state index contributed by atoms with van der Waals surface area (Å²) in [7, 11) is -2.84. The highest BCUT2D eigenvalue weighted by Crippen LogP contribution is 2.15. The number of rotatable bonds is 21. The maximum Gasteiger partial charge on any atom is 0.186 e. The third-order valence-corrected chi connectivity index (χ3v) is 10.5. The van der Waals surface area contributed by atoms with Gasteiger partial charge in [-0.3, -0.25) is 4.90 Å². The molecule has 0 rings (SSSR count). The molecule has 0 aliphatic heterocycles. The molecule has 0 fully saturated rings. The Morgan fingerprint density at radius 3 is 1.34 bits per heavy atom. The minimum Gasteiger partial charge on any atom is -0.418 e. The van der Waals surface area contributed by atoms with E-state index in [4.69, 9.17) is 18.3 Å². The van der Waals surface area contributed by atoms with E-state index in [1.165, 1.54) is 24.9 Å². The maximum absolute atomic E-state index is 5.87. The summed E-state index contributed by atoms with van der Waals surface area (Å²) < 4.78 is 23.4. The Kier molecular flexibility index (Phi) is 18.0. The Morgan fingerprint density at radius 1 is 0.586 bits per heavy atom. The van der Waals surface area contributed by atoms with E-state index in [1.54, 1.807) is 0 Å². The molecule has 0 aromatic carbocycles. The van der Waals surface area contributed by atoms with Crippen LogP contribution in [0.3, 0.4) is 0 Å². The van der Waals surface area contributed by atoms with Crippen molar-refractivity contribution in [1.82, 2.24) is 4.90 Å². The molecule has 0 aromatic heterocycles. The van der Waals surface area contributed by atoms with Crippen LogP contribution in [0.1, 0.15) is 46.5 Å². The molecule has 0 N–H and O–H groups in total. The van der Waals surface area contributed by atoms with Gasteiger partial charge in [-0.25, -0.2) is 0 Å². The number of hydrogen-bond acceptors (Lipinski definition) is 5. The van der Waals surface area contributed by atoms with E-state index < -0.39 is 16.6 Å². The van der Waals surface area contributed by atoms with Gasteiger partial charge in [0.2, 0.25) is 0 Å². The first-order valence-corrected chi connectivity index (χ1v) is 18.1. The fourth-order valence-corrected chi connectivity index (χ4v) is 7.51. The van der Waals surface area contributed by atoms with Crippen molar-refractivity contribution >= 4 is 16.6 Å². The first-order chi connectivity index (χ1) is 13.8. The molecule has 0 saturated carbocycles. The highest BCUT2D eigenvalue weighted by atomic mass is 28.4. The van der Waals surface area contributed by atoms with E-state index >= 15 is 0 Å². The minimum absolute atomic E-state index is 0.817. The van der Waals surface area contributed by atoms with Crippen LogP contribution in [-0.2, 0) is 18.3 Å². The molecule has 0 atom stereocenters. The van der Waals surface area contributed by atoms with Crippen LogP contribution in [0.2, 0.25) is 38.3 Å². The van der Waals surface area contributed by atoms with Crippen LogP contribution in [0.4, 0.5) is 0 Å². The molecule has 0 saturated heterocycles. The quantitative estimate of drug-likeness (QED) is 0.174. The third-order valence-electron chi connectivity index (χ3n) is 5.26. The summed E-state index contributed by atoms with van der Waals surface area (Å²) in [4.78, 5) is 2.41. The zero-order chi connectivity index (χ0) is 22.0. The smallest absolute Gasteiger partial charge is 0.186 e. The van der Waals surface area contributed by atoms with Crippen LogP contribution in [0.15, 0.2) is 0 Å². The number of nitrogens with zero attached hydrogens (tertiary/aromatic N) is 1. The van der Waals surface area contributed by atoms with Crippen LogP contribution < -0.4 is 0 Å². The lowest BCUT2D eigenvalue weighted by Crippen LogP contribution is -2.31. The lowest BCUT2D eigenvalue weighted by Gasteiger charge is -2.22. The van der Waals surface area contributed by atoms with E-state index in [1.807, 2.05) is 0 Å². The molecule has 0 radical (unpaired) electrons. The molecule has 176 valence electrons. The van der Waals surface area contributed by atoms with E-state index in [0.717, 1.165) is 72.1 Å². The van der Waals surface area contributed by atoms with Gasteiger partial charge in [-0.05, 0) is 71.5 Å². The Bertz CT molecular complexity index is 339. The molecule has 0 aromatic rings. The Hall–Kier alpha value is 0.234. The van der Waals surface area contributed by atoms with Gasteiger partial charge in [-0.2, -0.15) is 0 Å². The van der Waals surface area contributed by atoms with E-state index in [2.05, 4.69) is 51.9 Å². The summed E-state index contributed by atoms with van der Waals surface area (Å²) in [6, 6.07) is 2.46. The fourth-order valence-electron chi connectivity index (χ4n) is 3.45. The fraction of sp³-hybridized carbons (Fsp3) is 1.00. The molecule has 0 aliphatic rings. The molecular formula is C22H51NO4Si2. The second-order valence-corrected chi connectivity index (χ2v) is 17.6. The number of ether oxygens (including phenoxy) is 2. The van der Waals surface area contributed by atoms with Crippen LogP contribution in [0.5, 0.6) is 0 Å². The standard InChI is InChI=1S/C22H51NO4Si2/c1-8-23(15-19-24-17-11-13-21-28(4,5)26-9-2)16-20-25-18-12-14-22-29(6,7)27-10-3/h8-22H2,1-7H3. The summed E-state index contributed by atoms with van der Waals surface area (Å²) in [5.74, 6) is 0. The van der Waals surface area contributed by atoms with Gasteiger partial charge >= 0.3 is 0 Å². The van der Waals surface area contributed by atoms with Gasteiger partial charge in [0.15, 0.2) is 16.6 Å². The molecule has 0 aliphatic carbocycles. The molecule has 29 heavy (non-hydrogen) atoms. The number of likely N-dealkylation sites (N-methyl/N-ethyl adjacent to an activating group) is 1. The highest BCUT2D eigenvalue weighted by Gasteiger charge is 2.21. The van der Waals surface area contributed by atoms with Crippen molar-refractivity contribution in [1.29, 1.82) is 0 Å². The summed E-state index contributed by atoms with van der Waals surface area (Å²) in [6.45, 7) is 23.7. The SMILES string of the molecule is CCO[Si](C)(C)CCCCOCCN(CC)CCOCCCC[Si](C)(C)OCC. The first kappa shape index (κ1) is 29.2. The normalized spacial score (nSPS) is 12.8. The van der Waals surface area contributed by atoms with Crippen molar-refractivity contribution in [2.75, 3.05) is 59.3 Å². The lowest BCUT2D eigenvalue weighted by atomic mass is 10.3. The number of hydrogen-bond donors (Lipinski definition) is 0. The second kappa shape index (κ2) is 17.9. The van der Waals surface area contributed by atoms with E-state index in [0.29, 0.717) is 0 Å². The Balaban J connectivity index is 3.56. The lowest BCUT2D eigenvalue weighted by molar-refractivity contribution is 0.0747. The second-order valence-electron chi connectivity index (χ2n) is 8.96. The largest absolute Gasteiger partial charge is 0.418 e. The molecular weight excluding hydrogens is 398 g/mol. The van der Waals surface area contributed by atoms with Crippen molar-refractivity contribution in [2.45, 2.75) is 84.7 Å². The van der Waals surface area contributed by atoms with Gasteiger partial charge in [0.1, 0.15) is 0 Å². The Labute approximate surface area is 184 Å². The predicted molar refractivity (Wildman–Crippen MR) is 130 cm³/mol. The maximum atomic E-state index is 5.87. The average Bonchev–Trinajstić information content (AvgIpc) is 2.64. The van der Waals surface area contributed by atoms with Gasteiger partial charge in [-0.15, -0.1) is 0 Å².